The minimum Gasteiger partial charge on any atom is -0.461 e. The second kappa shape index (κ2) is 10.1. The molecule has 2 N–H and O–H groups in total. The van der Waals surface area contributed by atoms with E-state index in [1.54, 1.807) is 11.0 Å². The second-order valence-corrected chi connectivity index (χ2v) is 11.7. The molecule has 0 bridgehead atoms. The Balaban J connectivity index is 1.30. The molecule has 9 nitrogen and oxygen atoms in total. The molecule has 7 rings (SSSR count). The van der Waals surface area contributed by atoms with E-state index in [1.807, 2.05) is 0 Å². The molecule has 2 aromatic heterocycles. The largest absolute Gasteiger partial charge is 0.461 e. The van der Waals surface area contributed by atoms with Gasteiger partial charge in [-0.2, -0.15) is 9.97 Å². The van der Waals surface area contributed by atoms with E-state index >= 15 is 0 Å². The average Bonchev–Trinajstić information content (AvgIpc) is 3.56. The number of pyridine rings is 1. The molecule has 4 aliphatic rings. The van der Waals surface area contributed by atoms with Crippen molar-refractivity contribution in [2.75, 3.05) is 48.3 Å². The lowest BCUT2D eigenvalue weighted by molar-refractivity contribution is 0.0996. The molecule has 3 saturated heterocycles. The molecule has 0 atom stereocenters. The van der Waals surface area contributed by atoms with Gasteiger partial charge >= 0.3 is 6.01 Å². The number of anilines is 3. The number of nitrogens with zero attached hydrogens (tertiary/aromatic N) is 6. The van der Waals surface area contributed by atoms with Gasteiger partial charge in [0.25, 0.3) is 5.91 Å². The molecule has 4 aliphatic heterocycles. The lowest BCUT2D eigenvalue weighted by Gasteiger charge is -2.31. The fraction of sp³-hybridized carbons (Fsp3) is 0.484. The van der Waals surface area contributed by atoms with Gasteiger partial charge in [-0.15, -0.1) is 6.42 Å². The highest BCUT2D eigenvalue weighted by atomic mass is 19.1. The molecule has 10 heteroatoms. The fourth-order valence-corrected chi connectivity index (χ4v) is 7.25. The molecule has 1 amide bonds. The molecule has 41 heavy (non-hydrogen) atoms. The quantitative estimate of drug-likeness (QED) is 0.466. The Morgan fingerprint density at radius 3 is 2.51 bits per heavy atom. The predicted molar refractivity (Wildman–Crippen MR) is 156 cm³/mol. The van der Waals surface area contributed by atoms with Gasteiger partial charge in [0.1, 0.15) is 29.6 Å². The second-order valence-electron chi connectivity index (χ2n) is 11.7. The fourth-order valence-electron chi connectivity index (χ4n) is 7.25. The molecule has 3 aromatic rings. The first-order valence-electron chi connectivity index (χ1n) is 14.7. The first kappa shape index (κ1) is 26.0. The van der Waals surface area contributed by atoms with Crippen molar-refractivity contribution in [1.29, 1.82) is 0 Å². The zero-order valence-electron chi connectivity index (χ0n) is 23.2. The van der Waals surface area contributed by atoms with Crippen molar-refractivity contribution in [2.45, 2.75) is 63.5 Å². The van der Waals surface area contributed by atoms with Gasteiger partial charge in [0, 0.05) is 24.5 Å². The van der Waals surface area contributed by atoms with E-state index in [1.165, 1.54) is 25.0 Å². The zero-order valence-corrected chi connectivity index (χ0v) is 23.2. The highest BCUT2D eigenvalue weighted by Gasteiger charge is 2.45. The Hall–Kier alpha value is -3.97. The van der Waals surface area contributed by atoms with Crippen LogP contribution in [0.5, 0.6) is 6.01 Å². The van der Waals surface area contributed by atoms with Crippen LogP contribution in [0, 0.1) is 18.2 Å². The van der Waals surface area contributed by atoms with Crippen LogP contribution < -0.4 is 20.3 Å². The topological polar surface area (TPSA) is 101 Å². The van der Waals surface area contributed by atoms with Crippen molar-refractivity contribution in [2.24, 2.45) is 0 Å². The maximum atomic E-state index is 14.8. The molecule has 1 aromatic carbocycles. The summed E-state index contributed by atoms with van der Waals surface area (Å²) in [5.74, 6) is 2.46. The maximum Gasteiger partial charge on any atom is 0.318 e. The summed E-state index contributed by atoms with van der Waals surface area (Å²) < 4.78 is 21.2. The van der Waals surface area contributed by atoms with Crippen LogP contribution in [0.15, 0.2) is 18.2 Å². The van der Waals surface area contributed by atoms with Crippen molar-refractivity contribution in [1.82, 2.24) is 19.9 Å². The monoisotopic (exact) mass is 555 g/mol. The van der Waals surface area contributed by atoms with Crippen LogP contribution in [0.25, 0.3) is 10.9 Å². The number of aromatic nitrogens is 3. The van der Waals surface area contributed by atoms with E-state index in [9.17, 15) is 9.18 Å². The standard InChI is InChI=1S/C31H34FN7O2/c1-2-20-21(32)9-10-22-26(20)24(17-25(33)34-22)39-18-23-27(29(39)40)28(37-13-5-3-4-6-14-37)36-30(35-23)41-19-31-11-7-15-38(31)16-8-12-31/h1,9-10,17H,3-8,11-16,18-19H2,(H2,33,34). The Kier molecular flexibility index (Phi) is 6.42. The summed E-state index contributed by atoms with van der Waals surface area (Å²) in [5.41, 5.74) is 8.15. The van der Waals surface area contributed by atoms with Crippen LogP contribution in [0.1, 0.15) is 73.0 Å². The summed E-state index contributed by atoms with van der Waals surface area (Å²) in [7, 11) is 0. The third-order valence-electron chi connectivity index (χ3n) is 9.26. The zero-order chi connectivity index (χ0) is 28.1. The number of hydrogen-bond donors (Lipinski definition) is 1. The van der Waals surface area contributed by atoms with Crippen LogP contribution in [-0.2, 0) is 6.54 Å². The number of carbonyl (C=O) groups is 1. The van der Waals surface area contributed by atoms with Gasteiger partial charge in [0.15, 0.2) is 0 Å². The number of nitrogens with two attached hydrogens (primary N) is 1. The lowest BCUT2D eigenvalue weighted by Crippen LogP contribution is -2.43. The van der Waals surface area contributed by atoms with Crippen LogP contribution in [0.3, 0.4) is 0 Å². The maximum absolute atomic E-state index is 14.8. The van der Waals surface area contributed by atoms with Gasteiger partial charge in [-0.25, -0.2) is 9.37 Å². The van der Waals surface area contributed by atoms with Crippen molar-refractivity contribution in [3.05, 3.63) is 40.8 Å². The van der Waals surface area contributed by atoms with Crippen LogP contribution in [0.4, 0.5) is 21.7 Å². The molecule has 0 saturated carbocycles. The third kappa shape index (κ3) is 4.34. The van der Waals surface area contributed by atoms with Crippen LogP contribution in [-0.4, -0.2) is 64.1 Å². The summed E-state index contributed by atoms with van der Waals surface area (Å²) in [6.45, 7) is 4.56. The number of terminal acetylenes is 1. The Bertz CT molecular complexity index is 1570. The Morgan fingerprint density at radius 2 is 1.78 bits per heavy atom. The number of fused-ring (bicyclic) bond motifs is 3. The van der Waals surface area contributed by atoms with Gasteiger partial charge < -0.3 is 20.3 Å². The summed E-state index contributed by atoms with van der Waals surface area (Å²) in [6, 6.07) is 4.69. The van der Waals surface area contributed by atoms with E-state index in [0.717, 1.165) is 64.7 Å². The van der Waals surface area contributed by atoms with Gasteiger partial charge in [-0.3, -0.25) is 9.69 Å². The highest BCUT2D eigenvalue weighted by Crippen LogP contribution is 2.41. The number of rotatable bonds is 5. The van der Waals surface area contributed by atoms with Crippen molar-refractivity contribution < 1.29 is 13.9 Å². The van der Waals surface area contributed by atoms with Crippen molar-refractivity contribution in [3.63, 3.8) is 0 Å². The van der Waals surface area contributed by atoms with Gasteiger partial charge in [0.2, 0.25) is 0 Å². The third-order valence-corrected chi connectivity index (χ3v) is 9.26. The Labute approximate surface area is 238 Å². The van der Waals surface area contributed by atoms with Gasteiger partial charge in [-0.1, -0.05) is 18.8 Å². The molecule has 3 fully saturated rings. The van der Waals surface area contributed by atoms with E-state index in [-0.39, 0.29) is 29.4 Å². The number of carbonyl (C=O) groups excluding carboxylic acids is 1. The van der Waals surface area contributed by atoms with E-state index in [0.29, 0.717) is 46.3 Å². The minimum atomic E-state index is -0.551. The number of benzene rings is 1. The number of nitrogen functional groups attached to an aromatic ring is 1. The van der Waals surface area contributed by atoms with E-state index < -0.39 is 5.82 Å². The summed E-state index contributed by atoms with van der Waals surface area (Å²) in [5, 5.41) is 0.380. The average molecular weight is 556 g/mol. The number of halogens is 1. The number of amides is 1. The molecule has 0 unspecified atom stereocenters. The summed E-state index contributed by atoms with van der Waals surface area (Å²) in [6.07, 6.45) is 14.7. The van der Waals surface area contributed by atoms with Crippen LogP contribution >= 0.6 is 0 Å². The molecule has 0 radical (unpaired) electrons. The minimum absolute atomic E-state index is 0.0496. The first-order valence-corrected chi connectivity index (χ1v) is 14.7. The molecular weight excluding hydrogens is 521 g/mol. The molecular formula is C31H34FN7O2. The van der Waals surface area contributed by atoms with Crippen molar-refractivity contribution >= 4 is 34.1 Å². The normalized spacial score (nSPS) is 20.2. The smallest absolute Gasteiger partial charge is 0.318 e. The van der Waals surface area contributed by atoms with Gasteiger partial charge in [0.05, 0.1) is 34.5 Å². The molecule has 0 aliphatic carbocycles. The summed E-state index contributed by atoms with van der Waals surface area (Å²) >= 11 is 0. The number of hydrogen-bond acceptors (Lipinski definition) is 8. The molecule has 212 valence electrons. The SMILES string of the molecule is C#Cc1c(F)ccc2nc(N)cc(N3Cc4nc(OCC56CCCN5CCC6)nc(N5CCCCCC5)c4C3=O)c12. The van der Waals surface area contributed by atoms with Gasteiger partial charge in [-0.05, 0) is 63.7 Å². The lowest BCUT2D eigenvalue weighted by atomic mass is 9.95. The highest BCUT2D eigenvalue weighted by molar-refractivity contribution is 6.16. The van der Waals surface area contributed by atoms with E-state index in [4.69, 9.17) is 26.9 Å². The van der Waals surface area contributed by atoms with Crippen molar-refractivity contribution in [3.8, 4) is 18.4 Å². The molecule has 0 spiro atoms. The first-order chi connectivity index (χ1) is 20.0. The van der Waals surface area contributed by atoms with E-state index in [2.05, 4.69) is 20.7 Å². The predicted octanol–water partition coefficient (Wildman–Crippen LogP) is 4.28. The van der Waals surface area contributed by atoms with Crippen LogP contribution in [0.2, 0.25) is 0 Å². The Morgan fingerprint density at radius 1 is 1.02 bits per heavy atom. The summed E-state index contributed by atoms with van der Waals surface area (Å²) in [4.78, 5) is 34.5. The molecule has 6 heterocycles. The number of ether oxygens (including phenoxy) is 1.